The molecule has 0 aromatic heterocycles. The van der Waals surface area contributed by atoms with E-state index in [0.29, 0.717) is 0 Å². The second-order valence-corrected chi connectivity index (χ2v) is 4.06. The highest BCUT2D eigenvalue weighted by atomic mass is 15.4. The number of hydrogen-bond donors (Lipinski definition) is 2. The Hall–Kier alpha value is -1.22. The molecule has 1 aromatic carbocycles. The summed E-state index contributed by atoms with van der Waals surface area (Å²) in [6.07, 6.45) is 1.49. The van der Waals surface area contributed by atoms with Crippen LogP contribution in [0.5, 0.6) is 0 Å². The fourth-order valence-corrected chi connectivity index (χ4v) is 1.75. The first-order chi connectivity index (χ1) is 7.31. The van der Waals surface area contributed by atoms with Crippen LogP contribution in [0.2, 0.25) is 0 Å². The summed E-state index contributed by atoms with van der Waals surface area (Å²) in [5.41, 5.74) is 7.47. The standard InChI is InChI=1S/C8H12N2.C4H7N/c1-2-10-8-6-4-3-5-7(8)9;1-2-5-3-4(1)5/h3-6,10H,2,9H2,1H3;4H,1-3H2. The third-order valence-corrected chi connectivity index (χ3v) is 2.91. The first kappa shape index (κ1) is 10.3. The van der Waals surface area contributed by atoms with Crippen LogP contribution in [0.1, 0.15) is 13.3 Å². The normalized spacial score (nSPS) is 25.4. The molecule has 1 aromatic rings. The summed E-state index contributed by atoms with van der Waals surface area (Å²) in [5.74, 6) is 0. The average molecular weight is 205 g/mol. The largest absolute Gasteiger partial charge is 0.397 e. The summed E-state index contributed by atoms with van der Waals surface area (Å²) >= 11 is 0. The number of nitrogens with zero attached hydrogens (tertiary/aromatic N) is 1. The molecule has 0 aliphatic carbocycles. The van der Waals surface area contributed by atoms with Crippen molar-refractivity contribution in [2.45, 2.75) is 19.4 Å². The maximum atomic E-state index is 5.64. The molecule has 2 saturated heterocycles. The molecule has 2 aliphatic heterocycles. The molecule has 2 unspecified atom stereocenters. The highest BCUT2D eigenvalue weighted by molar-refractivity contribution is 5.65. The van der Waals surface area contributed by atoms with Gasteiger partial charge in [0.05, 0.1) is 11.4 Å². The third kappa shape index (κ3) is 2.63. The van der Waals surface area contributed by atoms with Gasteiger partial charge in [-0.3, -0.25) is 4.90 Å². The first-order valence-electron chi connectivity index (χ1n) is 5.63. The molecule has 0 radical (unpaired) electrons. The minimum Gasteiger partial charge on any atom is -0.397 e. The van der Waals surface area contributed by atoms with Crippen molar-refractivity contribution in [2.75, 3.05) is 30.7 Å². The van der Waals surface area contributed by atoms with Crippen LogP contribution in [-0.4, -0.2) is 30.6 Å². The molecule has 0 amide bonds. The second kappa shape index (κ2) is 4.53. The Labute approximate surface area is 91.3 Å². The molecule has 2 heterocycles. The van der Waals surface area contributed by atoms with E-state index in [-0.39, 0.29) is 0 Å². The Morgan fingerprint density at radius 3 is 2.60 bits per heavy atom. The van der Waals surface area contributed by atoms with E-state index in [1.807, 2.05) is 31.2 Å². The zero-order valence-corrected chi connectivity index (χ0v) is 9.24. The lowest BCUT2D eigenvalue weighted by molar-refractivity contribution is 0.382. The predicted octanol–water partition coefficient (Wildman–Crippen LogP) is 1.77. The number of nitrogen functional groups attached to an aromatic ring is 1. The molecule has 0 spiro atoms. The van der Waals surface area contributed by atoms with Crippen molar-refractivity contribution >= 4 is 11.4 Å². The van der Waals surface area contributed by atoms with E-state index >= 15 is 0 Å². The van der Waals surface area contributed by atoms with E-state index < -0.39 is 0 Å². The van der Waals surface area contributed by atoms with Crippen LogP contribution in [0.3, 0.4) is 0 Å². The van der Waals surface area contributed by atoms with Gasteiger partial charge in [0.15, 0.2) is 0 Å². The van der Waals surface area contributed by atoms with Crippen LogP contribution in [0.15, 0.2) is 24.3 Å². The molecule has 0 saturated carbocycles. The van der Waals surface area contributed by atoms with Crippen molar-refractivity contribution < 1.29 is 0 Å². The number of nitrogens with one attached hydrogen (secondary N) is 1. The molecular weight excluding hydrogens is 186 g/mol. The van der Waals surface area contributed by atoms with Gasteiger partial charge in [0.25, 0.3) is 0 Å². The summed E-state index contributed by atoms with van der Waals surface area (Å²) in [6.45, 7) is 5.77. The summed E-state index contributed by atoms with van der Waals surface area (Å²) < 4.78 is 0. The van der Waals surface area contributed by atoms with Gasteiger partial charge in [0, 0.05) is 25.7 Å². The third-order valence-electron chi connectivity index (χ3n) is 2.91. The van der Waals surface area contributed by atoms with Crippen molar-refractivity contribution in [3.05, 3.63) is 24.3 Å². The Morgan fingerprint density at radius 2 is 2.20 bits per heavy atom. The van der Waals surface area contributed by atoms with E-state index in [9.17, 15) is 0 Å². The summed E-state index contributed by atoms with van der Waals surface area (Å²) in [6, 6.07) is 8.82. The smallest absolute Gasteiger partial charge is 0.0573 e. The van der Waals surface area contributed by atoms with Crippen molar-refractivity contribution in [2.24, 2.45) is 0 Å². The highest BCUT2D eigenvalue weighted by Gasteiger charge is 2.41. The van der Waals surface area contributed by atoms with Crippen LogP contribution < -0.4 is 11.1 Å². The molecule has 2 fully saturated rings. The molecule has 2 aliphatic rings. The van der Waals surface area contributed by atoms with E-state index in [4.69, 9.17) is 5.73 Å². The Bertz CT molecular complexity index is 312. The lowest BCUT2D eigenvalue weighted by atomic mass is 10.3. The fourth-order valence-electron chi connectivity index (χ4n) is 1.75. The summed E-state index contributed by atoms with van der Waals surface area (Å²) in [5, 5.41) is 3.15. The molecule has 2 atom stereocenters. The lowest BCUT2D eigenvalue weighted by Gasteiger charge is -2.08. The number of para-hydroxylation sites is 2. The Kier molecular flexibility index (Phi) is 3.11. The number of benzene rings is 1. The Morgan fingerprint density at radius 1 is 1.47 bits per heavy atom. The van der Waals surface area contributed by atoms with Gasteiger partial charge in [-0.15, -0.1) is 0 Å². The van der Waals surface area contributed by atoms with Gasteiger partial charge in [0.2, 0.25) is 0 Å². The van der Waals surface area contributed by atoms with Crippen molar-refractivity contribution in [3.8, 4) is 0 Å². The van der Waals surface area contributed by atoms with Crippen molar-refractivity contribution in [3.63, 3.8) is 0 Å². The first-order valence-corrected chi connectivity index (χ1v) is 5.63. The molecule has 82 valence electrons. The SMILES string of the molecule is C1CN2CC12.CCNc1ccccc1N. The molecule has 0 bridgehead atoms. The van der Waals surface area contributed by atoms with E-state index in [0.717, 1.165) is 24.0 Å². The van der Waals surface area contributed by atoms with Gasteiger partial charge >= 0.3 is 0 Å². The van der Waals surface area contributed by atoms with Crippen molar-refractivity contribution in [1.82, 2.24) is 4.90 Å². The number of anilines is 2. The molecular formula is C12H19N3. The monoisotopic (exact) mass is 205 g/mol. The van der Waals surface area contributed by atoms with E-state index in [1.165, 1.54) is 19.5 Å². The van der Waals surface area contributed by atoms with Gasteiger partial charge in [-0.25, -0.2) is 0 Å². The quantitative estimate of drug-likeness (QED) is 0.571. The predicted molar refractivity (Wildman–Crippen MR) is 65.0 cm³/mol. The van der Waals surface area contributed by atoms with Gasteiger partial charge in [-0.2, -0.15) is 0 Å². The number of fused-ring (bicyclic) bond motifs is 1. The van der Waals surface area contributed by atoms with Gasteiger partial charge in [-0.1, -0.05) is 12.1 Å². The van der Waals surface area contributed by atoms with Crippen molar-refractivity contribution in [1.29, 1.82) is 0 Å². The number of nitrogens with two attached hydrogens (primary N) is 1. The lowest BCUT2D eigenvalue weighted by Crippen LogP contribution is -2.16. The number of rotatable bonds is 2. The molecule has 15 heavy (non-hydrogen) atoms. The van der Waals surface area contributed by atoms with Crippen LogP contribution in [-0.2, 0) is 0 Å². The van der Waals surface area contributed by atoms with Gasteiger partial charge in [0.1, 0.15) is 0 Å². The highest BCUT2D eigenvalue weighted by Crippen LogP contribution is 2.30. The maximum absolute atomic E-state index is 5.64. The van der Waals surface area contributed by atoms with E-state index in [1.54, 1.807) is 0 Å². The van der Waals surface area contributed by atoms with Gasteiger partial charge in [-0.05, 0) is 25.5 Å². The minimum absolute atomic E-state index is 0.810. The minimum atomic E-state index is 0.810. The van der Waals surface area contributed by atoms with Crippen LogP contribution in [0.25, 0.3) is 0 Å². The van der Waals surface area contributed by atoms with E-state index in [2.05, 4.69) is 10.2 Å². The van der Waals surface area contributed by atoms with Crippen LogP contribution in [0, 0.1) is 0 Å². The maximum Gasteiger partial charge on any atom is 0.0573 e. The summed E-state index contributed by atoms with van der Waals surface area (Å²) in [4.78, 5) is 2.47. The van der Waals surface area contributed by atoms with Crippen LogP contribution >= 0.6 is 0 Å². The summed E-state index contributed by atoms with van der Waals surface area (Å²) in [7, 11) is 0. The zero-order chi connectivity index (χ0) is 10.7. The fraction of sp³-hybridized carbons (Fsp3) is 0.500. The molecule has 3 rings (SSSR count). The second-order valence-electron chi connectivity index (χ2n) is 4.06. The molecule has 3 nitrogen and oxygen atoms in total. The molecule has 3 N–H and O–H groups in total. The topological polar surface area (TPSA) is 41.1 Å². The molecule has 3 heteroatoms. The number of hydrogen-bond acceptors (Lipinski definition) is 3. The Balaban J connectivity index is 0.000000139. The average Bonchev–Trinajstić information content (AvgIpc) is 2.79. The zero-order valence-electron chi connectivity index (χ0n) is 9.24. The van der Waals surface area contributed by atoms with Gasteiger partial charge < -0.3 is 11.1 Å². The van der Waals surface area contributed by atoms with Crippen LogP contribution in [0.4, 0.5) is 11.4 Å².